The van der Waals surface area contributed by atoms with E-state index in [0.29, 0.717) is 5.82 Å². The van der Waals surface area contributed by atoms with Crippen LogP contribution in [0.15, 0.2) is 35.1 Å². The molecule has 0 aliphatic rings. The van der Waals surface area contributed by atoms with Crippen molar-refractivity contribution in [3.05, 3.63) is 35.1 Å². The Balaban J connectivity index is 2.46. The Hall–Kier alpha value is -1.49. The lowest BCUT2D eigenvalue weighted by molar-refractivity contribution is 1.12. The van der Waals surface area contributed by atoms with Crippen molar-refractivity contribution in [1.29, 1.82) is 0 Å². The van der Waals surface area contributed by atoms with E-state index in [1.165, 1.54) is 0 Å². The minimum Gasteiger partial charge on any atom is -0.372 e. The summed E-state index contributed by atoms with van der Waals surface area (Å²) in [5, 5.41) is 2.98. The molecule has 15 heavy (non-hydrogen) atoms. The standard InChI is InChI=1S/C10H9BrN4/c1-12-9-7(11)6-14-10(15-9)8-4-2-3-5-13-8/h2-6H,1H3,(H,12,14,15). The number of nitrogens with zero attached hydrogens (tertiary/aromatic N) is 3. The predicted octanol–water partition coefficient (Wildman–Crippen LogP) is 2.34. The maximum Gasteiger partial charge on any atom is 0.180 e. The Morgan fingerprint density at radius 3 is 2.80 bits per heavy atom. The fraction of sp³-hybridized carbons (Fsp3) is 0.100. The van der Waals surface area contributed by atoms with Crippen molar-refractivity contribution in [2.24, 2.45) is 0 Å². The minimum atomic E-state index is 0.614. The third-order valence-corrected chi connectivity index (χ3v) is 2.46. The molecular formula is C10H9BrN4. The van der Waals surface area contributed by atoms with Gasteiger partial charge in [-0.1, -0.05) is 6.07 Å². The number of pyridine rings is 1. The van der Waals surface area contributed by atoms with Gasteiger partial charge in [-0.25, -0.2) is 9.97 Å². The number of hydrogen-bond acceptors (Lipinski definition) is 4. The molecule has 0 unspecified atom stereocenters. The molecule has 0 bridgehead atoms. The molecule has 0 amide bonds. The quantitative estimate of drug-likeness (QED) is 0.905. The molecule has 0 aliphatic carbocycles. The number of hydrogen-bond donors (Lipinski definition) is 1. The van der Waals surface area contributed by atoms with Crippen LogP contribution in [-0.4, -0.2) is 22.0 Å². The largest absolute Gasteiger partial charge is 0.372 e. The van der Waals surface area contributed by atoms with Gasteiger partial charge in [0.1, 0.15) is 11.5 Å². The third-order valence-electron chi connectivity index (χ3n) is 1.87. The average Bonchev–Trinajstić information content (AvgIpc) is 2.31. The molecule has 2 heterocycles. The molecule has 2 aromatic heterocycles. The molecule has 2 rings (SSSR count). The predicted molar refractivity (Wildman–Crippen MR) is 62.5 cm³/mol. The van der Waals surface area contributed by atoms with Gasteiger partial charge in [0, 0.05) is 19.4 Å². The molecule has 0 saturated carbocycles. The van der Waals surface area contributed by atoms with Gasteiger partial charge in [-0.15, -0.1) is 0 Å². The molecular weight excluding hydrogens is 256 g/mol. The van der Waals surface area contributed by atoms with E-state index >= 15 is 0 Å². The van der Waals surface area contributed by atoms with Gasteiger partial charge in [-0.2, -0.15) is 0 Å². The van der Waals surface area contributed by atoms with Gasteiger partial charge in [0.2, 0.25) is 0 Å². The van der Waals surface area contributed by atoms with Crippen LogP contribution in [0.3, 0.4) is 0 Å². The summed E-state index contributed by atoms with van der Waals surface area (Å²) in [5.41, 5.74) is 0.765. The molecule has 0 aromatic carbocycles. The van der Waals surface area contributed by atoms with Crippen molar-refractivity contribution in [2.45, 2.75) is 0 Å². The number of nitrogens with one attached hydrogen (secondary N) is 1. The molecule has 2 aromatic rings. The lowest BCUT2D eigenvalue weighted by Gasteiger charge is -2.04. The summed E-state index contributed by atoms with van der Waals surface area (Å²) in [6.07, 6.45) is 3.43. The summed E-state index contributed by atoms with van der Waals surface area (Å²) < 4.78 is 0.838. The molecule has 0 aliphatic heterocycles. The van der Waals surface area contributed by atoms with Crippen molar-refractivity contribution in [2.75, 3.05) is 12.4 Å². The molecule has 0 saturated heterocycles. The van der Waals surface area contributed by atoms with E-state index in [-0.39, 0.29) is 0 Å². The van der Waals surface area contributed by atoms with Gasteiger partial charge < -0.3 is 5.32 Å². The molecule has 1 N–H and O–H groups in total. The normalized spacial score (nSPS) is 10.0. The Bertz CT molecular complexity index is 458. The Kier molecular flexibility index (Phi) is 2.91. The van der Waals surface area contributed by atoms with Crippen LogP contribution < -0.4 is 5.32 Å². The summed E-state index contributed by atoms with van der Waals surface area (Å²) in [7, 11) is 1.81. The summed E-state index contributed by atoms with van der Waals surface area (Å²) >= 11 is 3.36. The highest BCUT2D eigenvalue weighted by Gasteiger charge is 2.05. The van der Waals surface area contributed by atoms with E-state index < -0.39 is 0 Å². The van der Waals surface area contributed by atoms with Crippen LogP contribution in [0.2, 0.25) is 0 Å². The molecule has 5 heteroatoms. The molecule has 4 nitrogen and oxygen atoms in total. The van der Waals surface area contributed by atoms with Crippen LogP contribution in [0.25, 0.3) is 11.5 Å². The number of aromatic nitrogens is 3. The average molecular weight is 265 g/mol. The zero-order valence-corrected chi connectivity index (χ0v) is 9.69. The topological polar surface area (TPSA) is 50.7 Å². The number of rotatable bonds is 2. The fourth-order valence-electron chi connectivity index (χ4n) is 1.16. The Morgan fingerprint density at radius 2 is 2.13 bits per heavy atom. The summed E-state index contributed by atoms with van der Waals surface area (Å²) in [4.78, 5) is 12.7. The summed E-state index contributed by atoms with van der Waals surface area (Å²) in [5.74, 6) is 1.37. The van der Waals surface area contributed by atoms with Gasteiger partial charge in [0.05, 0.1) is 4.47 Å². The van der Waals surface area contributed by atoms with Crippen LogP contribution in [0.1, 0.15) is 0 Å². The number of anilines is 1. The first-order chi connectivity index (χ1) is 7.31. The van der Waals surface area contributed by atoms with E-state index in [9.17, 15) is 0 Å². The van der Waals surface area contributed by atoms with E-state index in [1.54, 1.807) is 12.4 Å². The molecule has 0 fully saturated rings. The summed E-state index contributed by atoms with van der Waals surface area (Å²) in [6, 6.07) is 5.65. The highest BCUT2D eigenvalue weighted by atomic mass is 79.9. The molecule has 0 radical (unpaired) electrons. The lowest BCUT2D eigenvalue weighted by Crippen LogP contribution is -1.98. The van der Waals surface area contributed by atoms with Crippen LogP contribution in [-0.2, 0) is 0 Å². The Labute approximate surface area is 95.9 Å². The first kappa shape index (κ1) is 10.0. The lowest BCUT2D eigenvalue weighted by atomic mass is 10.3. The van der Waals surface area contributed by atoms with Crippen molar-refractivity contribution < 1.29 is 0 Å². The van der Waals surface area contributed by atoms with Gasteiger partial charge in [0.25, 0.3) is 0 Å². The van der Waals surface area contributed by atoms with Crippen LogP contribution >= 0.6 is 15.9 Å². The Morgan fingerprint density at radius 1 is 1.27 bits per heavy atom. The van der Waals surface area contributed by atoms with E-state index in [4.69, 9.17) is 0 Å². The van der Waals surface area contributed by atoms with Crippen molar-refractivity contribution in [3.63, 3.8) is 0 Å². The smallest absolute Gasteiger partial charge is 0.180 e. The second kappa shape index (κ2) is 4.35. The SMILES string of the molecule is CNc1nc(-c2ccccn2)ncc1Br. The van der Waals surface area contributed by atoms with Crippen LogP contribution in [0.4, 0.5) is 5.82 Å². The van der Waals surface area contributed by atoms with Crippen molar-refractivity contribution in [1.82, 2.24) is 15.0 Å². The first-order valence-electron chi connectivity index (χ1n) is 4.43. The maximum atomic E-state index is 4.33. The van der Waals surface area contributed by atoms with Crippen molar-refractivity contribution in [3.8, 4) is 11.5 Å². The minimum absolute atomic E-state index is 0.614. The monoisotopic (exact) mass is 264 g/mol. The van der Waals surface area contributed by atoms with Gasteiger partial charge in [-0.05, 0) is 28.1 Å². The van der Waals surface area contributed by atoms with Gasteiger partial charge in [0.15, 0.2) is 5.82 Å². The molecule has 0 spiro atoms. The fourth-order valence-corrected chi connectivity index (χ4v) is 1.55. The highest BCUT2D eigenvalue weighted by molar-refractivity contribution is 9.10. The van der Waals surface area contributed by atoms with Crippen LogP contribution in [0, 0.1) is 0 Å². The van der Waals surface area contributed by atoms with E-state index in [0.717, 1.165) is 16.0 Å². The molecule has 76 valence electrons. The van der Waals surface area contributed by atoms with Crippen molar-refractivity contribution >= 4 is 21.7 Å². The maximum absolute atomic E-state index is 4.33. The third kappa shape index (κ3) is 2.12. The zero-order chi connectivity index (χ0) is 10.7. The van der Waals surface area contributed by atoms with Gasteiger partial charge >= 0.3 is 0 Å². The van der Waals surface area contributed by atoms with E-state index in [2.05, 4.69) is 36.2 Å². The highest BCUT2D eigenvalue weighted by Crippen LogP contribution is 2.21. The summed E-state index contributed by atoms with van der Waals surface area (Å²) in [6.45, 7) is 0. The zero-order valence-electron chi connectivity index (χ0n) is 8.11. The van der Waals surface area contributed by atoms with Gasteiger partial charge in [-0.3, -0.25) is 4.98 Å². The number of halogens is 1. The second-order valence-corrected chi connectivity index (χ2v) is 3.71. The van der Waals surface area contributed by atoms with E-state index in [1.807, 2.05) is 25.2 Å². The first-order valence-corrected chi connectivity index (χ1v) is 5.22. The molecule has 0 atom stereocenters. The van der Waals surface area contributed by atoms with Crippen LogP contribution in [0.5, 0.6) is 0 Å². The second-order valence-electron chi connectivity index (χ2n) is 2.86.